The Morgan fingerprint density at radius 3 is 1.91 bits per heavy atom. The normalized spacial score (nSPS) is 11.8. The summed E-state index contributed by atoms with van der Waals surface area (Å²) in [5.74, 6) is 0. The van der Waals surface area contributed by atoms with Gasteiger partial charge in [-0.2, -0.15) is 0 Å². The summed E-state index contributed by atoms with van der Waals surface area (Å²) >= 11 is 6.25. The van der Waals surface area contributed by atoms with Crippen molar-refractivity contribution in [3.05, 3.63) is 85.2 Å². The van der Waals surface area contributed by atoms with Crippen molar-refractivity contribution in [1.82, 2.24) is 15.0 Å². The Labute approximate surface area is 196 Å². The van der Waals surface area contributed by atoms with Gasteiger partial charge < -0.3 is 0 Å². The van der Waals surface area contributed by atoms with Crippen LogP contribution >= 0.6 is 6.04 Å². The molecule has 4 rings (SSSR count). The lowest BCUT2D eigenvalue weighted by Gasteiger charge is -2.31. The predicted octanol–water partition coefficient (Wildman–Crippen LogP) is 6.79. The summed E-state index contributed by atoms with van der Waals surface area (Å²) in [5, 5.41) is 1.31. The van der Waals surface area contributed by atoms with Gasteiger partial charge in [-0.05, 0) is 64.6 Å². The van der Waals surface area contributed by atoms with Crippen LogP contribution in [0.5, 0.6) is 0 Å². The van der Waals surface area contributed by atoms with Crippen molar-refractivity contribution >= 4 is 23.1 Å². The number of nitrogens with zero attached hydrogens (tertiary/aromatic N) is 3. The molecule has 0 atom stereocenters. The zero-order valence-corrected chi connectivity index (χ0v) is 20.6. The molecule has 0 saturated carbocycles. The van der Waals surface area contributed by atoms with E-state index in [1.54, 1.807) is 6.20 Å². The molecule has 4 aromatic rings. The third-order valence-electron chi connectivity index (χ3n) is 5.82. The van der Waals surface area contributed by atoms with E-state index in [0.29, 0.717) is 11.3 Å². The second-order valence-corrected chi connectivity index (χ2v) is 14.3. The van der Waals surface area contributed by atoms with Gasteiger partial charge in [0.1, 0.15) is 0 Å². The molecule has 5 heteroatoms. The third kappa shape index (κ3) is 4.44. The van der Waals surface area contributed by atoms with Gasteiger partial charge in [0.15, 0.2) is 0 Å². The predicted molar refractivity (Wildman–Crippen MR) is 140 cm³/mol. The molecule has 0 unspecified atom stereocenters. The largest absolute Gasteiger partial charge is 0.255 e. The molecule has 0 amide bonds. The summed E-state index contributed by atoms with van der Waals surface area (Å²) in [6.07, 6.45) is 3.71. The topological polar surface area (TPSA) is 38.7 Å². The van der Waals surface area contributed by atoms with E-state index in [9.17, 15) is 0 Å². The lowest BCUT2D eigenvalue weighted by molar-refractivity contribution is 1.02. The maximum atomic E-state index is 6.25. The average molecular weight is 458 g/mol. The number of benzene rings is 1. The smallest absolute Gasteiger partial charge is 0.0894 e. The van der Waals surface area contributed by atoms with Gasteiger partial charge in [0.25, 0.3) is 0 Å². The second-order valence-electron chi connectivity index (χ2n) is 8.50. The monoisotopic (exact) mass is 457 g/mol. The lowest BCUT2D eigenvalue weighted by Crippen LogP contribution is -2.19. The summed E-state index contributed by atoms with van der Waals surface area (Å²) in [7, 11) is 0. The molecule has 1 aromatic carbocycles. The minimum Gasteiger partial charge on any atom is -0.255 e. The number of pyridine rings is 3. The van der Waals surface area contributed by atoms with Gasteiger partial charge in [0, 0.05) is 18.0 Å². The quantitative estimate of drug-likeness (QED) is 0.299. The van der Waals surface area contributed by atoms with E-state index in [1.165, 1.54) is 5.30 Å². The molecule has 32 heavy (non-hydrogen) atoms. The van der Waals surface area contributed by atoms with E-state index >= 15 is 0 Å². The molecule has 0 saturated heterocycles. The molecular weight excluding hydrogens is 429 g/mol. The van der Waals surface area contributed by atoms with Gasteiger partial charge in [-0.1, -0.05) is 75.9 Å². The van der Waals surface area contributed by atoms with E-state index in [2.05, 4.69) is 63.0 Å². The first-order valence-corrected chi connectivity index (χ1v) is 13.9. The average Bonchev–Trinajstić information content (AvgIpc) is 2.84. The molecule has 0 aliphatic rings. The van der Waals surface area contributed by atoms with Crippen LogP contribution in [0.3, 0.4) is 0 Å². The van der Waals surface area contributed by atoms with Crippen LogP contribution < -0.4 is 5.30 Å². The zero-order chi connectivity index (χ0) is 22.7. The van der Waals surface area contributed by atoms with Crippen molar-refractivity contribution in [2.24, 2.45) is 0 Å². The van der Waals surface area contributed by atoms with Crippen LogP contribution in [-0.2, 0) is 11.8 Å². The highest BCUT2D eigenvalue weighted by atomic mass is 32.4. The number of rotatable bonds is 6. The van der Waals surface area contributed by atoms with E-state index in [-0.39, 0.29) is 0 Å². The van der Waals surface area contributed by atoms with Crippen molar-refractivity contribution in [2.75, 3.05) is 0 Å². The van der Waals surface area contributed by atoms with Crippen molar-refractivity contribution in [3.63, 3.8) is 0 Å². The summed E-state index contributed by atoms with van der Waals surface area (Å²) in [4.78, 5) is 13.9. The first-order chi connectivity index (χ1) is 15.4. The first kappa shape index (κ1) is 22.5. The van der Waals surface area contributed by atoms with Gasteiger partial charge in [0.2, 0.25) is 0 Å². The highest BCUT2D eigenvalue weighted by Gasteiger charge is 2.27. The van der Waals surface area contributed by atoms with Crippen LogP contribution in [0, 0.1) is 0 Å². The molecule has 0 radical (unpaired) electrons. The third-order valence-corrected chi connectivity index (χ3v) is 13.1. The molecule has 0 fully saturated rings. The Morgan fingerprint density at radius 1 is 0.656 bits per heavy atom. The van der Waals surface area contributed by atoms with Gasteiger partial charge in [0.05, 0.1) is 22.8 Å². The fraction of sp³-hybridized carbons (Fsp3) is 0.222. The molecule has 3 aromatic heterocycles. The minimum atomic E-state index is -1.66. The first-order valence-electron chi connectivity index (χ1n) is 10.9. The Morgan fingerprint density at radius 2 is 1.31 bits per heavy atom. The lowest BCUT2D eigenvalue weighted by atomic mass is 10.1. The number of hydrogen-bond acceptors (Lipinski definition) is 4. The molecular formula is C27H28N3PS. The van der Waals surface area contributed by atoms with Crippen LogP contribution in [0.15, 0.2) is 85.2 Å². The Kier molecular flexibility index (Phi) is 6.64. The van der Waals surface area contributed by atoms with E-state index in [0.717, 1.165) is 33.9 Å². The standard InChI is InChI=1S/C27H28N3PS/c1-19(2)31(32,20(3)4)23-10-7-9-21(17-23)22-14-15-25(29-18-22)27-13-8-12-26(30-27)24-11-5-6-16-28-24/h5-20H,1-4H3. The van der Waals surface area contributed by atoms with Crippen LogP contribution in [-0.4, -0.2) is 26.3 Å². The summed E-state index contributed by atoms with van der Waals surface area (Å²) < 4.78 is 0. The fourth-order valence-corrected chi connectivity index (χ4v) is 7.43. The van der Waals surface area contributed by atoms with Crippen molar-refractivity contribution in [2.45, 2.75) is 39.0 Å². The molecule has 3 heterocycles. The maximum absolute atomic E-state index is 6.25. The Hall–Kier alpha value is -2.68. The molecule has 162 valence electrons. The second kappa shape index (κ2) is 9.44. The van der Waals surface area contributed by atoms with Crippen molar-refractivity contribution < 1.29 is 0 Å². The molecule has 0 aliphatic carbocycles. The van der Waals surface area contributed by atoms with E-state index in [4.69, 9.17) is 21.8 Å². The van der Waals surface area contributed by atoms with Crippen LogP contribution in [0.25, 0.3) is 33.9 Å². The van der Waals surface area contributed by atoms with Gasteiger partial charge in [-0.25, -0.2) is 4.98 Å². The molecule has 3 nitrogen and oxygen atoms in total. The summed E-state index contributed by atoms with van der Waals surface area (Å²) in [5.41, 5.74) is 6.58. The SMILES string of the molecule is CC(C)P(=S)(c1cccc(-c2ccc(-c3cccc(-c4ccccn4)n3)nc2)c1)C(C)C. The van der Waals surface area contributed by atoms with Crippen LogP contribution in [0.1, 0.15) is 27.7 Å². The van der Waals surface area contributed by atoms with Gasteiger partial charge in [-0.15, -0.1) is 0 Å². The maximum Gasteiger partial charge on any atom is 0.0894 e. The summed E-state index contributed by atoms with van der Waals surface area (Å²) in [6.45, 7) is 9.04. The Bertz CT molecular complexity index is 1240. The number of hydrogen-bond donors (Lipinski definition) is 0. The van der Waals surface area contributed by atoms with E-state index < -0.39 is 6.04 Å². The highest BCUT2D eigenvalue weighted by Crippen LogP contribution is 2.54. The number of aromatic nitrogens is 3. The summed E-state index contributed by atoms with van der Waals surface area (Å²) in [6, 6.07) is 23.0. The zero-order valence-electron chi connectivity index (χ0n) is 18.9. The van der Waals surface area contributed by atoms with E-state index in [1.807, 2.05) is 48.7 Å². The van der Waals surface area contributed by atoms with Crippen molar-refractivity contribution in [1.29, 1.82) is 0 Å². The van der Waals surface area contributed by atoms with Crippen molar-refractivity contribution in [3.8, 4) is 33.9 Å². The Balaban J connectivity index is 1.65. The highest BCUT2D eigenvalue weighted by molar-refractivity contribution is 8.18. The fourth-order valence-electron chi connectivity index (χ4n) is 4.05. The molecule has 0 aliphatic heterocycles. The van der Waals surface area contributed by atoms with Crippen LogP contribution in [0.4, 0.5) is 0 Å². The van der Waals surface area contributed by atoms with Gasteiger partial charge in [-0.3, -0.25) is 9.97 Å². The van der Waals surface area contributed by atoms with Crippen LogP contribution in [0.2, 0.25) is 0 Å². The van der Waals surface area contributed by atoms with Gasteiger partial charge >= 0.3 is 0 Å². The molecule has 0 spiro atoms. The molecule has 0 bridgehead atoms. The minimum absolute atomic E-state index is 0.478. The molecule has 0 N–H and O–H groups in total.